The maximum Gasteiger partial charge on any atom is 0.257 e. The quantitative estimate of drug-likeness (QED) is 0.415. The maximum absolute atomic E-state index is 12.7. The third-order valence-electron chi connectivity index (χ3n) is 5.08. The zero-order valence-corrected chi connectivity index (χ0v) is 16.9. The van der Waals surface area contributed by atoms with Crippen LogP contribution in [0, 0.1) is 0 Å². The van der Waals surface area contributed by atoms with Gasteiger partial charge in [-0.3, -0.25) is 19.6 Å². The molecule has 0 aliphatic heterocycles. The molecule has 2 heterocycles. The van der Waals surface area contributed by atoms with Crippen molar-refractivity contribution in [2.24, 2.45) is 0 Å². The number of pyridine rings is 2. The van der Waals surface area contributed by atoms with Gasteiger partial charge >= 0.3 is 0 Å². The van der Waals surface area contributed by atoms with E-state index >= 15 is 0 Å². The molecule has 0 spiro atoms. The largest absolute Gasteiger partial charge is 0.322 e. The van der Waals surface area contributed by atoms with Gasteiger partial charge in [0.1, 0.15) is 0 Å². The Balaban J connectivity index is 1.32. The summed E-state index contributed by atoms with van der Waals surface area (Å²) < 4.78 is 0. The van der Waals surface area contributed by atoms with Crippen molar-refractivity contribution >= 4 is 45.0 Å². The van der Waals surface area contributed by atoms with Gasteiger partial charge in [-0.15, -0.1) is 0 Å². The van der Waals surface area contributed by atoms with Crippen LogP contribution in [0.3, 0.4) is 0 Å². The predicted octanol–water partition coefficient (Wildman–Crippen LogP) is 5.29. The molecule has 0 aliphatic rings. The van der Waals surface area contributed by atoms with E-state index in [0.29, 0.717) is 22.5 Å². The van der Waals surface area contributed by atoms with E-state index in [4.69, 9.17) is 0 Å². The van der Waals surface area contributed by atoms with Crippen LogP contribution in [0.1, 0.15) is 20.7 Å². The zero-order valence-electron chi connectivity index (χ0n) is 16.9. The van der Waals surface area contributed by atoms with Crippen LogP contribution >= 0.6 is 0 Å². The van der Waals surface area contributed by atoms with Crippen LogP contribution in [0.5, 0.6) is 0 Å². The van der Waals surface area contributed by atoms with E-state index in [1.165, 1.54) is 0 Å². The van der Waals surface area contributed by atoms with E-state index in [1.807, 2.05) is 48.5 Å². The van der Waals surface area contributed by atoms with Crippen LogP contribution in [0.15, 0.2) is 97.3 Å². The molecule has 2 aromatic heterocycles. The Hall–Kier alpha value is -4.58. The Kier molecular flexibility index (Phi) is 5.01. The molecular formula is C26H18N4O2. The van der Waals surface area contributed by atoms with Crippen molar-refractivity contribution in [3.63, 3.8) is 0 Å². The molecule has 0 unspecified atom stereocenters. The van der Waals surface area contributed by atoms with E-state index in [0.717, 1.165) is 21.8 Å². The fourth-order valence-electron chi connectivity index (χ4n) is 3.47. The van der Waals surface area contributed by atoms with Crippen LogP contribution in [-0.4, -0.2) is 21.8 Å². The molecule has 0 radical (unpaired) electrons. The predicted molar refractivity (Wildman–Crippen MR) is 126 cm³/mol. The van der Waals surface area contributed by atoms with Gasteiger partial charge in [-0.25, -0.2) is 0 Å². The van der Waals surface area contributed by atoms with Crippen molar-refractivity contribution in [3.05, 3.63) is 108 Å². The lowest BCUT2D eigenvalue weighted by Crippen LogP contribution is -2.14. The second-order valence-corrected chi connectivity index (χ2v) is 7.32. The maximum atomic E-state index is 12.7. The van der Waals surface area contributed by atoms with E-state index < -0.39 is 0 Å². The summed E-state index contributed by atoms with van der Waals surface area (Å²) in [5.74, 6) is -0.545. The summed E-state index contributed by atoms with van der Waals surface area (Å²) in [7, 11) is 0. The highest BCUT2D eigenvalue weighted by Gasteiger charge is 2.11. The molecule has 0 fully saturated rings. The summed E-state index contributed by atoms with van der Waals surface area (Å²) in [6.45, 7) is 0. The lowest BCUT2D eigenvalue weighted by atomic mass is 10.1. The molecule has 0 atom stereocenters. The van der Waals surface area contributed by atoms with Crippen LogP contribution in [0.25, 0.3) is 21.8 Å². The topological polar surface area (TPSA) is 84.0 Å². The van der Waals surface area contributed by atoms with Gasteiger partial charge in [-0.2, -0.15) is 0 Å². The monoisotopic (exact) mass is 418 g/mol. The van der Waals surface area contributed by atoms with E-state index in [9.17, 15) is 9.59 Å². The minimum Gasteiger partial charge on any atom is -0.322 e. The van der Waals surface area contributed by atoms with Crippen molar-refractivity contribution in [1.82, 2.24) is 9.97 Å². The Labute approximate surface area is 184 Å². The van der Waals surface area contributed by atoms with Crippen molar-refractivity contribution in [2.75, 3.05) is 10.6 Å². The molecule has 154 valence electrons. The number of benzene rings is 3. The summed E-state index contributed by atoms with van der Waals surface area (Å²) in [6, 6.07) is 25.8. The lowest BCUT2D eigenvalue weighted by Gasteiger charge is -2.10. The number of para-hydroxylation sites is 2. The lowest BCUT2D eigenvalue weighted by molar-refractivity contribution is 0.101. The Morgan fingerprint density at radius 2 is 1.03 bits per heavy atom. The minimum atomic E-state index is -0.273. The first-order valence-corrected chi connectivity index (χ1v) is 10.1. The number of hydrogen-bond acceptors (Lipinski definition) is 4. The number of nitrogens with one attached hydrogen (secondary N) is 2. The molecule has 2 amide bonds. The molecule has 0 saturated heterocycles. The van der Waals surface area contributed by atoms with Gasteiger partial charge in [0, 0.05) is 34.5 Å². The van der Waals surface area contributed by atoms with Crippen LogP contribution in [0.4, 0.5) is 11.4 Å². The second-order valence-electron chi connectivity index (χ2n) is 7.32. The molecule has 3 aromatic carbocycles. The first kappa shape index (κ1) is 19.4. The fraction of sp³-hybridized carbons (Fsp3) is 0. The average molecular weight is 418 g/mol. The van der Waals surface area contributed by atoms with Gasteiger partial charge in [0.2, 0.25) is 0 Å². The average Bonchev–Trinajstić information content (AvgIpc) is 2.83. The summed E-state index contributed by atoms with van der Waals surface area (Å²) >= 11 is 0. The van der Waals surface area contributed by atoms with Crippen molar-refractivity contribution < 1.29 is 9.59 Å². The van der Waals surface area contributed by atoms with E-state index in [1.54, 1.807) is 48.8 Å². The Bertz CT molecular complexity index is 1370. The van der Waals surface area contributed by atoms with Crippen molar-refractivity contribution in [3.8, 4) is 0 Å². The highest BCUT2D eigenvalue weighted by Crippen LogP contribution is 2.19. The van der Waals surface area contributed by atoms with Gasteiger partial charge in [0.15, 0.2) is 0 Å². The molecule has 32 heavy (non-hydrogen) atoms. The number of nitrogens with zero attached hydrogens (tertiary/aromatic N) is 2. The van der Waals surface area contributed by atoms with Crippen LogP contribution in [-0.2, 0) is 0 Å². The van der Waals surface area contributed by atoms with Gasteiger partial charge in [0.05, 0.1) is 22.2 Å². The summed E-state index contributed by atoms with van der Waals surface area (Å²) in [5.41, 5.74) is 3.71. The number of amides is 2. The molecule has 5 aromatic rings. The van der Waals surface area contributed by atoms with Gasteiger partial charge in [-0.05, 0) is 42.5 Å². The smallest absolute Gasteiger partial charge is 0.257 e. The van der Waals surface area contributed by atoms with E-state index in [2.05, 4.69) is 20.6 Å². The van der Waals surface area contributed by atoms with Crippen molar-refractivity contribution in [1.29, 1.82) is 0 Å². The minimum absolute atomic E-state index is 0.273. The second kappa shape index (κ2) is 8.28. The third kappa shape index (κ3) is 4.02. The van der Waals surface area contributed by atoms with Gasteiger partial charge in [-0.1, -0.05) is 42.5 Å². The van der Waals surface area contributed by atoms with Gasteiger partial charge in [0.25, 0.3) is 11.8 Å². The molecule has 0 bridgehead atoms. The fourth-order valence-corrected chi connectivity index (χ4v) is 3.47. The van der Waals surface area contributed by atoms with E-state index in [-0.39, 0.29) is 11.8 Å². The number of rotatable bonds is 4. The first-order valence-electron chi connectivity index (χ1n) is 10.1. The molecule has 6 nitrogen and oxygen atoms in total. The molecule has 0 aliphatic carbocycles. The van der Waals surface area contributed by atoms with Crippen LogP contribution in [0.2, 0.25) is 0 Å². The SMILES string of the molecule is O=C(Nc1cccc(NC(=O)c2cnc3ccccc3c2)c1)c1cnc2ccccc2c1. The highest BCUT2D eigenvalue weighted by atomic mass is 16.2. The molecule has 0 saturated carbocycles. The highest BCUT2D eigenvalue weighted by molar-refractivity contribution is 6.08. The number of anilines is 2. The number of aromatic nitrogens is 2. The number of carbonyl (C=O) groups excluding carboxylic acids is 2. The Morgan fingerprint density at radius 1 is 0.562 bits per heavy atom. The summed E-state index contributed by atoms with van der Waals surface area (Å²) in [6.07, 6.45) is 3.10. The summed E-state index contributed by atoms with van der Waals surface area (Å²) in [5, 5.41) is 7.50. The number of hydrogen-bond donors (Lipinski definition) is 2. The number of fused-ring (bicyclic) bond motifs is 2. The third-order valence-corrected chi connectivity index (χ3v) is 5.08. The van der Waals surface area contributed by atoms with Crippen LogP contribution < -0.4 is 10.6 Å². The summed E-state index contributed by atoms with van der Waals surface area (Å²) in [4.78, 5) is 34.0. The zero-order chi connectivity index (χ0) is 21.9. The molecule has 2 N–H and O–H groups in total. The Morgan fingerprint density at radius 3 is 1.53 bits per heavy atom. The molecule has 5 rings (SSSR count). The van der Waals surface area contributed by atoms with Crippen molar-refractivity contribution in [2.45, 2.75) is 0 Å². The first-order chi connectivity index (χ1) is 15.7. The normalized spacial score (nSPS) is 10.8. The molecule has 6 heteroatoms. The molecular weight excluding hydrogens is 400 g/mol. The number of carbonyl (C=O) groups is 2. The standard InChI is InChI=1S/C26H18N4O2/c31-25(19-12-17-6-1-3-10-23(17)27-15-19)29-21-8-5-9-22(14-21)30-26(32)20-13-18-7-2-4-11-24(18)28-16-20/h1-16H,(H,29,31)(H,30,32). The van der Waals surface area contributed by atoms with Gasteiger partial charge < -0.3 is 10.6 Å².